The molecule has 2 aliphatic heterocycles. The van der Waals surface area contributed by atoms with Gasteiger partial charge in [-0.3, -0.25) is 9.69 Å². The SMILES string of the molecule is CC1(C)Cc2cccc(CN3CCC(CNC(=O)C4(N)Cc5ccccc5C4)CC3)c2O1. The largest absolute Gasteiger partial charge is 0.487 e. The zero-order valence-electron chi connectivity index (χ0n) is 19.3. The summed E-state index contributed by atoms with van der Waals surface area (Å²) in [6.45, 7) is 8.07. The fourth-order valence-electron chi connectivity index (χ4n) is 5.61. The second kappa shape index (κ2) is 8.20. The van der Waals surface area contributed by atoms with Gasteiger partial charge in [-0.15, -0.1) is 0 Å². The van der Waals surface area contributed by atoms with Crippen molar-refractivity contribution < 1.29 is 9.53 Å². The van der Waals surface area contributed by atoms with Gasteiger partial charge in [0, 0.05) is 25.1 Å². The summed E-state index contributed by atoms with van der Waals surface area (Å²) < 4.78 is 6.25. The van der Waals surface area contributed by atoms with Crippen molar-refractivity contribution in [1.82, 2.24) is 10.2 Å². The Labute approximate surface area is 191 Å². The molecule has 3 aliphatic rings. The van der Waals surface area contributed by atoms with Crippen molar-refractivity contribution in [2.24, 2.45) is 11.7 Å². The number of ether oxygens (including phenoxy) is 1. The number of hydrogen-bond acceptors (Lipinski definition) is 4. The zero-order valence-corrected chi connectivity index (χ0v) is 19.3. The Kier molecular flexibility index (Phi) is 5.50. The molecule has 0 bridgehead atoms. The number of benzene rings is 2. The first-order valence-corrected chi connectivity index (χ1v) is 12.0. The van der Waals surface area contributed by atoms with Crippen molar-refractivity contribution in [2.45, 2.75) is 63.6 Å². The van der Waals surface area contributed by atoms with E-state index in [-0.39, 0.29) is 11.5 Å². The van der Waals surface area contributed by atoms with Crippen LogP contribution in [-0.2, 0) is 30.6 Å². The Bertz CT molecular complexity index is 983. The Morgan fingerprint density at radius 1 is 1.03 bits per heavy atom. The van der Waals surface area contributed by atoms with E-state index in [1.807, 2.05) is 12.1 Å². The van der Waals surface area contributed by atoms with Crippen LogP contribution in [0, 0.1) is 5.92 Å². The van der Waals surface area contributed by atoms with Gasteiger partial charge in [-0.2, -0.15) is 0 Å². The molecular formula is C27H35N3O2. The lowest BCUT2D eigenvalue weighted by molar-refractivity contribution is -0.126. The Balaban J connectivity index is 1.10. The molecule has 1 saturated heterocycles. The van der Waals surface area contributed by atoms with Crippen LogP contribution in [0.15, 0.2) is 42.5 Å². The molecule has 0 saturated carbocycles. The van der Waals surface area contributed by atoms with E-state index in [0.717, 1.165) is 51.2 Å². The van der Waals surface area contributed by atoms with E-state index < -0.39 is 5.54 Å². The van der Waals surface area contributed by atoms with E-state index in [9.17, 15) is 4.79 Å². The molecule has 5 nitrogen and oxygen atoms in total. The van der Waals surface area contributed by atoms with Crippen LogP contribution in [0.1, 0.15) is 48.9 Å². The summed E-state index contributed by atoms with van der Waals surface area (Å²) in [5.74, 6) is 1.60. The van der Waals surface area contributed by atoms with E-state index in [2.05, 4.69) is 54.4 Å². The second-order valence-electron chi connectivity index (χ2n) is 10.7. The summed E-state index contributed by atoms with van der Waals surface area (Å²) in [4.78, 5) is 15.4. The number of nitrogens with one attached hydrogen (secondary N) is 1. The number of nitrogens with zero attached hydrogens (tertiary/aromatic N) is 1. The molecule has 5 rings (SSSR count). The van der Waals surface area contributed by atoms with Gasteiger partial charge in [0.25, 0.3) is 0 Å². The van der Waals surface area contributed by atoms with Crippen LogP contribution in [0.4, 0.5) is 0 Å². The quantitative estimate of drug-likeness (QED) is 0.760. The summed E-state index contributed by atoms with van der Waals surface area (Å²) >= 11 is 0. The number of nitrogens with two attached hydrogens (primary N) is 1. The maximum Gasteiger partial charge on any atom is 0.240 e. The molecule has 1 aliphatic carbocycles. The van der Waals surface area contributed by atoms with Gasteiger partial charge in [0.1, 0.15) is 16.9 Å². The Morgan fingerprint density at radius 3 is 2.38 bits per heavy atom. The molecule has 170 valence electrons. The molecular weight excluding hydrogens is 398 g/mol. The summed E-state index contributed by atoms with van der Waals surface area (Å²) in [5, 5.41) is 3.17. The van der Waals surface area contributed by atoms with Crippen LogP contribution in [-0.4, -0.2) is 41.6 Å². The van der Waals surface area contributed by atoms with Crippen molar-refractivity contribution in [2.75, 3.05) is 19.6 Å². The van der Waals surface area contributed by atoms with E-state index in [0.29, 0.717) is 18.8 Å². The van der Waals surface area contributed by atoms with E-state index >= 15 is 0 Å². The van der Waals surface area contributed by atoms with Crippen molar-refractivity contribution in [3.63, 3.8) is 0 Å². The highest BCUT2D eigenvalue weighted by atomic mass is 16.5. The molecule has 0 atom stereocenters. The molecule has 0 aromatic heterocycles. The number of para-hydroxylation sites is 1. The minimum Gasteiger partial charge on any atom is -0.487 e. The second-order valence-corrected chi connectivity index (χ2v) is 10.7. The Morgan fingerprint density at radius 2 is 1.69 bits per heavy atom. The first kappa shape index (κ1) is 21.5. The molecule has 3 N–H and O–H groups in total. The number of amides is 1. The highest BCUT2D eigenvalue weighted by molar-refractivity contribution is 5.88. The average Bonchev–Trinajstić information content (AvgIpc) is 3.28. The number of likely N-dealkylation sites (tertiary alicyclic amines) is 1. The summed E-state index contributed by atoms with van der Waals surface area (Å²) in [6.07, 6.45) is 4.44. The normalized spacial score (nSPS) is 21.6. The predicted molar refractivity (Wildman–Crippen MR) is 127 cm³/mol. The highest BCUT2D eigenvalue weighted by Crippen LogP contribution is 2.38. The molecule has 5 heteroatoms. The molecule has 2 heterocycles. The predicted octanol–water partition coefficient (Wildman–Crippen LogP) is 3.22. The van der Waals surface area contributed by atoms with Gasteiger partial charge >= 0.3 is 0 Å². The van der Waals surface area contributed by atoms with E-state index in [1.165, 1.54) is 22.3 Å². The highest BCUT2D eigenvalue weighted by Gasteiger charge is 2.40. The standard InChI is InChI=1S/C27H35N3O2/c1-26(2)14-22-8-5-9-23(24(22)32-26)18-30-12-10-19(11-13-30)17-29-25(31)27(28)15-20-6-3-4-7-21(20)16-27/h3-9,19H,10-18,28H2,1-2H3,(H,29,31). The number of fused-ring (bicyclic) bond motifs is 2. The van der Waals surface area contributed by atoms with Crippen LogP contribution in [0.5, 0.6) is 5.75 Å². The monoisotopic (exact) mass is 433 g/mol. The molecule has 1 amide bonds. The zero-order chi connectivity index (χ0) is 22.3. The number of hydrogen-bond donors (Lipinski definition) is 2. The van der Waals surface area contributed by atoms with Gasteiger partial charge in [-0.1, -0.05) is 42.5 Å². The third-order valence-electron chi connectivity index (χ3n) is 7.41. The number of carbonyl (C=O) groups excluding carboxylic acids is 1. The summed E-state index contributed by atoms with van der Waals surface area (Å²) in [7, 11) is 0. The lowest BCUT2D eigenvalue weighted by Crippen LogP contribution is -2.55. The third kappa shape index (κ3) is 4.28. The smallest absolute Gasteiger partial charge is 0.240 e. The first-order valence-electron chi connectivity index (χ1n) is 12.0. The first-order chi connectivity index (χ1) is 15.3. The fourth-order valence-corrected chi connectivity index (χ4v) is 5.61. The lowest BCUT2D eigenvalue weighted by Gasteiger charge is -2.33. The molecule has 2 aromatic rings. The van der Waals surface area contributed by atoms with Gasteiger partial charge in [0.05, 0.1) is 0 Å². The van der Waals surface area contributed by atoms with Crippen LogP contribution >= 0.6 is 0 Å². The van der Waals surface area contributed by atoms with Crippen molar-refractivity contribution in [3.8, 4) is 5.75 Å². The number of piperidine rings is 1. The minimum absolute atomic E-state index is 0.00394. The molecule has 0 radical (unpaired) electrons. The maximum absolute atomic E-state index is 12.9. The maximum atomic E-state index is 12.9. The van der Waals surface area contributed by atoms with E-state index in [4.69, 9.17) is 10.5 Å². The topological polar surface area (TPSA) is 67.6 Å². The fraction of sp³-hybridized carbons (Fsp3) is 0.519. The van der Waals surface area contributed by atoms with Crippen molar-refractivity contribution in [1.29, 1.82) is 0 Å². The summed E-state index contributed by atoms with van der Waals surface area (Å²) in [5.41, 5.74) is 10.6. The van der Waals surface area contributed by atoms with Gasteiger partial charge < -0.3 is 15.8 Å². The molecule has 0 unspecified atom stereocenters. The van der Waals surface area contributed by atoms with Crippen molar-refractivity contribution >= 4 is 5.91 Å². The number of carbonyl (C=O) groups is 1. The average molecular weight is 434 g/mol. The minimum atomic E-state index is -0.800. The molecule has 2 aromatic carbocycles. The van der Waals surface area contributed by atoms with Crippen LogP contribution in [0.2, 0.25) is 0 Å². The van der Waals surface area contributed by atoms with Gasteiger partial charge in [-0.05, 0) is 75.2 Å². The molecule has 0 spiro atoms. The van der Waals surface area contributed by atoms with Gasteiger partial charge in [0.15, 0.2) is 0 Å². The van der Waals surface area contributed by atoms with Crippen LogP contribution < -0.4 is 15.8 Å². The van der Waals surface area contributed by atoms with Crippen LogP contribution in [0.25, 0.3) is 0 Å². The lowest BCUT2D eigenvalue weighted by atomic mass is 9.93. The summed E-state index contributed by atoms with van der Waals surface area (Å²) in [6, 6.07) is 14.8. The van der Waals surface area contributed by atoms with Gasteiger partial charge in [-0.25, -0.2) is 0 Å². The number of rotatable bonds is 5. The van der Waals surface area contributed by atoms with E-state index in [1.54, 1.807) is 0 Å². The van der Waals surface area contributed by atoms with Gasteiger partial charge in [0.2, 0.25) is 5.91 Å². The Hall–Kier alpha value is -2.37. The van der Waals surface area contributed by atoms with Crippen molar-refractivity contribution in [3.05, 3.63) is 64.7 Å². The molecule has 32 heavy (non-hydrogen) atoms. The molecule has 1 fully saturated rings. The van der Waals surface area contributed by atoms with Crippen LogP contribution in [0.3, 0.4) is 0 Å². The third-order valence-corrected chi connectivity index (χ3v) is 7.41.